The van der Waals surface area contributed by atoms with Crippen molar-refractivity contribution in [2.24, 2.45) is 5.73 Å². The van der Waals surface area contributed by atoms with Crippen LogP contribution in [-0.4, -0.2) is 36.8 Å². The molecule has 0 unspecified atom stereocenters. The molecule has 110 valence electrons. The highest BCUT2D eigenvalue weighted by Crippen LogP contribution is 2.32. The molecule has 1 amide bonds. The minimum atomic E-state index is -0.305. The van der Waals surface area contributed by atoms with Crippen LogP contribution in [0.15, 0.2) is 18.3 Å². The van der Waals surface area contributed by atoms with Crippen LogP contribution >= 0.6 is 0 Å². The molecular weight excluding hydrogens is 258 g/mol. The second-order valence-corrected chi connectivity index (χ2v) is 5.17. The number of methoxy groups -OCH3 is 1. The quantitative estimate of drug-likeness (QED) is 0.735. The van der Waals surface area contributed by atoms with Crippen LogP contribution in [0, 0.1) is 0 Å². The van der Waals surface area contributed by atoms with E-state index >= 15 is 0 Å². The zero-order valence-corrected chi connectivity index (χ0v) is 11.7. The second-order valence-electron chi connectivity index (χ2n) is 5.17. The Hall–Kier alpha value is -1.66. The van der Waals surface area contributed by atoms with Gasteiger partial charge in [-0.3, -0.25) is 4.79 Å². The molecule has 0 radical (unpaired) electrons. The largest absolute Gasteiger partial charge is 0.475 e. The number of hydrogen-bond donors (Lipinski definition) is 2. The van der Waals surface area contributed by atoms with Crippen LogP contribution < -0.4 is 15.8 Å². The summed E-state index contributed by atoms with van der Waals surface area (Å²) >= 11 is 0. The Balaban J connectivity index is 1.79. The van der Waals surface area contributed by atoms with Crippen molar-refractivity contribution < 1.29 is 14.3 Å². The van der Waals surface area contributed by atoms with Crippen LogP contribution in [0.25, 0.3) is 0 Å². The molecule has 0 aliphatic heterocycles. The maximum atomic E-state index is 11.9. The fourth-order valence-corrected chi connectivity index (χ4v) is 2.10. The van der Waals surface area contributed by atoms with Gasteiger partial charge in [0.05, 0.1) is 18.5 Å². The van der Waals surface area contributed by atoms with E-state index in [1.165, 1.54) is 0 Å². The smallest absolute Gasteiger partial charge is 0.226 e. The molecule has 1 saturated carbocycles. The van der Waals surface area contributed by atoms with Gasteiger partial charge >= 0.3 is 0 Å². The fourth-order valence-electron chi connectivity index (χ4n) is 2.10. The number of amides is 1. The summed E-state index contributed by atoms with van der Waals surface area (Å²) < 4.78 is 10.2. The van der Waals surface area contributed by atoms with Crippen LogP contribution in [0.3, 0.4) is 0 Å². The molecular formula is C14H21N3O3. The number of pyridine rings is 1. The Bertz CT molecular complexity index is 443. The molecule has 6 heteroatoms. The molecule has 0 aromatic carbocycles. The summed E-state index contributed by atoms with van der Waals surface area (Å²) in [7, 11) is 1.61. The second kappa shape index (κ2) is 6.67. The summed E-state index contributed by atoms with van der Waals surface area (Å²) in [6, 6.07) is 3.48. The third-order valence-corrected chi connectivity index (χ3v) is 3.42. The molecule has 1 aliphatic carbocycles. The number of nitrogens with one attached hydrogen (secondary N) is 1. The number of anilines is 1. The molecule has 2 rings (SSSR count). The van der Waals surface area contributed by atoms with Gasteiger partial charge in [0.25, 0.3) is 0 Å². The zero-order valence-electron chi connectivity index (χ0n) is 11.7. The monoisotopic (exact) mass is 279 g/mol. The summed E-state index contributed by atoms with van der Waals surface area (Å²) in [5.41, 5.74) is 6.39. The van der Waals surface area contributed by atoms with E-state index in [0.717, 1.165) is 19.3 Å². The number of carbonyl (C=O) groups is 1. The van der Waals surface area contributed by atoms with E-state index in [-0.39, 0.29) is 11.4 Å². The first-order valence-corrected chi connectivity index (χ1v) is 6.78. The maximum Gasteiger partial charge on any atom is 0.226 e. The first-order chi connectivity index (χ1) is 9.61. The van der Waals surface area contributed by atoms with Crippen molar-refractivity contribution in [3.8, 4) is 5.88 Å². The Kier molecular flexibility index (Phi) is 4.92. The summed E-state index contributed by atoms with van der Waals surface area (Å²) in [5.74, 6) is 0.441. The predicted molar refractivity (Wildman–Crippen MR) is 75.6 cm³/mol. The van der Waals surface area contributed by atoms with E-state index in [4.69, 9.17) is 15.2 Å². The number of hydrogen-bond acceptors (Lipinski definition) is 5. The van der Waals surface area contributed by atoms with Gasteiger partial charge in [0.2, 0.25) is 11.8 Å². The van der Waals surface area contributed by atoms with Crippen molar-refractivity contribution in [1.29, 1.82) is 0 Å². The molecule has 0 atom stereocenters. The predicted octanol–water partition coefficient (Wildman–Crippen LogP) is 1.32. The molecule has 1 aromatic heterocycles. The lowest BCUT2D eigenvalue weighted by molar-refractivity contribution is -0.118. The standard InChI is InChI=1S/C14H21N3O3/c1-19-7-8-20-13-4-3-11(10-16-13)17-12(18)9-14(15)5-2-6-14/h3-4,10H,2,5-9,15H2,1H3,(H,17,18). The molecule has 3 N–H and O–H groups in total. The maximum absolute atomic E-state index is 11.9. The molecule has 0 spiro atoms. The molecule has 0 bridgehead atoms. The van der Waals surface area contributed by atoms with E-state index in [0.29, 0.717) is 31.2 Å². The lowest BCUT2D eigenvalue weighted by Crippen LogP contribution is -2.48. The number of ether oxygens (including phenoxy) is 2. The van der Waals surface area contributed by atoms with Gasteiger partial charge < -0.3 is 20.5 Å². The van der Waals surface area contributed by atoms with Crippen molar-refractivity contribution in [3.05, 3.63) is 18.3 Å². The SMILES string of the molecule is COCCOc1ccc(NC(=O)CC2(N)CCC2)cn1. The highest BCUT2D eigenvalue weighted by Gasteiger charge is 2.34. The molecule has 20 heavy (non-hydrogen) atoms. The van der Waals surface area contributed by atoms with E-state index in [1.54, 1.807) is 25.4 Å². The van der Waals surface area contributed by atoms with Gasteiger partial charge in [0, 0.05) is 25.1 Å². The van der Waals surface area contributed by atoms with Crippen LogP contribution in [0.1, 0.15) is 25.7 Å². The van der Waals surface area contributed by atoms with Crippen molar-refractivity contribution in [3.63, 3.8) is 0 Å². The van der Waals surface area contributed by atoms with Crippen LogP contribution in [-0.2, 0) is 9.53 Å². The van der Waals surface area contributed by atoms with E-state index in [9.17, 15) is 4.79 Å². The third kappa shape index (κ3) is 4.18. The Morgan fingerprint density at radius 3 is 2.80 bits per heavy atom. The molecule has 1 fully saturated rings. The lowest BCUT2D eigenvalue weighted by Gasteiger charge is -2.37. The lowest BCUT2D eigenvalue weighted by atomic mass is 9.75. The highest BCUT2D eigenvalue weighted by molar-refractivity contribution is 5.91. The van der Waals surface area contributed by atoms with Crippen molar-refractivity contribution in [1.82, 2.24) is 4.98 Å². The van der Waals surface area contributed by atoms with Gasteiger partial charge in [-0.2, -0.15) is 0 Å². The molecule has 0 saturated heterocycles. The third-order valence-electron chi connectivity index (χ3n) is 3.42. The van der Waals surface area contributed by atoms with Gasteiger partial charge in [-0.15, -0.1) is 0 Å². The minimum Gasteiger partial charge on any atom is -0.475 e. The highest BCUT2D eigenvalue weighted by atomic mass is 16.5. The van der Waals surface area contributed by atoms with Crippen molar-refractivity contribution in [2.75, 3.05) is 25.6 Å². The Labute approximate surface area is 118 Å². The van der Waals surface area contributed by atoms with Crippen molar-refractivity contribution >= 4 is 11.6 Å². The fraction of sp³-hybridized carbons (Fsp3) is 0.571. The number of aromatic nitrogens is 1. The van der Waals surface area contributed by atoms with E-state index in [2.05, 4.69) is 10.3 Å². The normalized spacial score (nSPS) is 16.3. The molecule has 1 heterocycles. The van der Waals surface area contributed by atoms with Gasteiger partial charge in [0.1, 0.15) is 6.61 Å². The molecule has 1 aliphatic rings. The average Bonchev–Trinajstić information content (AvgIpc) is 2.39. The minimum absolute atomic E-state index is 0.0675. The topological polar surface area (TPSA) is 86.5 Å². The number of carbonyl (C=O) groups excluding carboxylic acids is 1. The average molecular weight is 279 g/mol. The zero-order chi connectivity index (χ0) is 14.4. The van der Waals surface area contributed by atoms with Crippen LogP contribution in [0.5, 0.6) is 5.88 Å². The Morgan fingerprint density at radius 1 is 1.45 bits per heavy atom. The summed E-state index contributed by atoms with van der Waals surface area (Å²) in [6.45, 7) is 0.962. The summed E-state index contributed by atoms with van der Waals surface area (Å²) in [5, 5.41) is 2.80. The van der Waals surface area contributed by atoms with Gasteiger partial charge in [0.15, 0.2) is 0 Å². The van der Waals surface area contributed by atoms with Crippen LogP contribution in [0.2, 0.25) is 0 Å². The van der Waals surface area contributed by atoms with E-state index in [1.807, 2.05) is 0 Å². The Morgan fingerprint density at radius 2 is 2.25 bits per heavy atom. The summed E-state index contributed by atoms with van der Waals surface area (Å²) in [6.07, 6.45) is 4.89. The first-order valence-electron chi connectivity index (χ1n) is 6.78. The van der Waals surface area contributed by atoms with Gasteiger partial charge in [-0.25, -0.2) is 4.98 Å². The van der Waals surface area contributed by atoms with Gasteiger partial charge in [-0.05, 0) is 25.3 Å². The molecule has 6 nitrogen and oxygen atoms in total. The van der Waals surface area contributed by atoms with E-state index < -0.39 is 0 Å². The summed E-state index contributed by atoms with van der Waals surface area (Å²) in [4.78, 5) is 16.0. The number of nitrogens with zero attached hydrogens (tertiary/aromatic N) is 1. The number of nitrogens with two attached hydrogens (primary N) is 1. The van der Waals surface area contributed by atoms with Crippen LogP contribution in [0.4, 0.5) is 5.69 Å². The molecule has 1 aromatic rings. The first kappa shape index (κ1) is 14.7. The van der Waals surface area contributed by atoms with Gasteiger partial charge in [-0.1, -0.05) is 0 Å². The number of rotatable bonds is 7. The van der Waals surface area contributed by atoms with Crippen molar-refractivity contribution in [2.45, 2.75) is 31.2 Å².